The number of nitrogens with zero attached hydrogens (tertiary/aromatic N) is 2. The number of fused-ring (bicyclic) bond motifs is 3. The van der Waals surface area contributed by atoms with E-state index in [9.17, 15) is 4.79 Å². The van der Waals surface area contributed by atoms with Crippen LogP contribution >= 0.6 is 34.5 Å². The van der Waals surface area contributed by atoms with Crippen LogP contribution in [0.25, 0.3) is 10.2 Å². The fourth-order valence-electron chi connectivity index (χ4n) is 2.42. The molecule has 2 heterocycles. The number of halogens is 2. The van der Waals surface area contributed by atoms with Gasteiger partial charge in [-0.05, 0) is 35.9 Å². The summed E-state index contributed by atoms with van der Waals surface area (Å²) in [5.74, 6) is 0.263. The van der Waals surface area contributed by atoms with Gasteiger partial charge in [-0.2, -0.15) is 0 Å². The maximum atomic E-state index is 10.7. The molecule has 6 heteroatoms. The van der Waals surface area contributed by atoms with Crippen molar-refractivity contribution in [3.63, 3.8) is 0 Å². The van der Waals surface area contributed by atoms with Crippen molar-refractivity contribution >= 4 is 51.0 Å². The number of aromatic nitrogens is 2. The summed E-state index contributed by atoms with van der Waals surface area (Å²) >= 11 is 13.5. The number of rotatable bonds is 2. The second kappa shape index (κ2) is 4.19. The summed E-state index contributed by atoms with van der Waals surface area (Å²) in [6, 6.07) is 0. The van der Waals surface area contributed by atoms with Gasteiger partial charge in [0.2, 0.25) is 5.28 Å². The van der Waals surface area contributed by atoms with Crippen LogP contribution in [-0.4, -0.2) is 16.3 Å². The van der Waals surface area contributed by atoms with Crippen LogP contribution in [0, 0.1) is 0 Å². The van der Waals surface area contributed by atoms with E-state index in [2.05, 4.69) is 9.97 Å². The summed E-state index contributed by atoms with van der Waals surface area (Å²) in [6.07, 6.45) is 3.50. The van der Waals surface area contributed by atoms with Crippen molar-refractivity contribution in [1.29, 1.82) is 0 Å². The SMILES string of the molecule is O=CCC1CCc2sc3nc(Cl)nc(Cl)c3c21. The molecule has 0 N–H and O–H groups in total. The molecular weight excluding hydrogens is 279 g/mol. The molecule has 3 nitrogen and oxygen atoms in total. The van der Waals surface area contributed by atoms with Crippen LogP contribution < -0.4 is 0 Å². The highest BCUT2D eigenvalue weighted by molar-refractivity contribution is 7.19. The standard InChI is InChI=1S/C11H8Cl2N2OS/c12-9-8-7-5(3-4-16)1-2-6(7)17-10(8)15-11(13)14-9/h4-5H,1-3H2. The quantitative estimate of drug-likeness (QED) is 0.481. The van der Waals surface area contributed by atoms with Crippen LogP contribution in [0.3, 0.4) is 0 Å². The number of hydrogen-bond acceptors (Lipinski definition) is 4. The zero-order valence-corrected chi connectivity index (χ0v) is 11.1. The Balaban J connectivity index is 2.26. The van der Waals surface area contributed by atoms with Gasteiger partial charge in [-0.3, -0.25) is 0 Å². The van der Waals surface area contributed by atoms with Gasteiger partial charge in [0.1, 0.15) is 16.3 Å². The largest absolute Gasteiger partial charge is 0.303 e. The number of carbonyl (C=O) groups is 1. The fourth-order valence-corrected chi connectivity index (χ4v) is 4.28. The van der Waals surface area contributed by atoms with Crippen LogP contribution in [0.5, 0.6) is 0 Å². The molecule has 1 aliphatic carbocycles. The van der Waals surface area contributed by atoms with Crippen molar-refractivity contribution in [2.75, 3.05) is 0 Å². The van der Waals surface area contributed by atoms with Gasteiger partial charge in [0, 0.05) is 11.3 Å². The highest BCUT2D eigenvalue weighted by Crippen LogP contribution is 2.46. The molecule has 2 aromatic heterocycles. The van der Waals surface area contributed by atoms with Crippen LogP contribution in [0.2, 0.25) is 10.4 Å². The predicted molar refractivity (Wildman–Crippen MR) is 69.2 cm³/mol. The molecular formula is C11H8Cl2N2OS. The molecule has 1 aliphatic rings. The summed E-state index contributed by atoms with van der Waals surface area (Å²) in [7, 11) is 0. The molecule has 88 valence electrons. The van der Waals surface area contributed by atoms with E-state index in [-0.39, 0.29) is 11.2 Å². The second-order valence-electron chi connectivity index (χ2n) is 4.04. The predicted octanol–water partition coefficient (Wildman–Crippen LogP) is 3.62. The summed E-state index contributed by atoms with van der Waals surface area (Å²) in [4.78, 5) is 21.0. The Morgan fingerprint density at radius 3 is 3.00 bits per heavy atom. The Labute approximate surface area is 112 Å². The van der Waals surface area contributed by atoms with E-state index in [0.29, 0.717) is 11.6 Å². The first-order valence-corrected chi connectivity index (χ1v) is 6.86. The van der Waals surface area contributed by atoms with Crippen molar-refractivity contribution in [3.05, 3.63) is 20.9 Å². The molecule has 0 saturated heterocycles. The third kappa shape index (κ3) is 1.75. The number of aryl methyl sites for hydroxylation is 1. The molecule has 0 saturated carbocycles. The first-order chi connectivity index (χ1) is 8.20. The van der Waals surface area contributed by atoms with E-state index in [1.165, 1.54) is 10.4 Å². The van der Waals surface area contributed by atoms with E-state index < -0.39 is 0 Å². The third-order valence-electron chi connectivity index (χ3n) is 3.10. The van der Waals surface area contributed by atoms with Crippen LogP contribution in [0.1, 0.15) is 29.2 Å². The van der Waals surface area contributed by atoms with Crippen LogP contribution in [0.15, 0.2) is 0 Å². The van der Waals surface area contributed by atoms with Gasteiger partial charge in [-0.1, -0.05) is 11.6 Å². The number of hydrogen-bond donors (Lipinski definition) is 0. The highest BCUT2D eigenvalue weighted by atomic mass is 35.5. The first kappa shape index (κ1) is 11.4. The summed E-state index contributed by atoms with van der Waals surface area (Å²) in [6.45, 7) is 0. The lowest BCUT2D eigenvalue weighted by Gasteiger charge is -2.06. The Hall–Kier alpha value is -0.710. The average molecular weight is 287 g/mol. The Morgan fingerprint density at radius 1 is 1.41 bits per heavy atom. The molecule has 1 atom stereocenters. The van der Waals surface area contributed by atoms with Gasteiger partial charge in [-0.15, -0.1) is 11.3 Å². The van der Waals surface area contributed by atoms with Crippen molar-refractivity contribution in [2.24, 2.45) is 0 Å². The molecule has 0 aliphatic heterocycles. The maximum Gasteiger partial charge on any atom is 0.225 e. The average Bonchev–Trinajstić information content (AvgIpc) is 2.78. The summed E-state index contributed by atoms with van der Waals surface area (Å²) in [5, 5.41) is 1.46. The van der Waals surface area contributed by atoms with E-state index >= 15 is 0 Å². The van der Waals surface area contributed by atoms with Gasteiger partial charge in [0.25, 0.3) is 0 Å². The van der Waals surface area contributed by atoms with Gasteiger partial charge < -0.3 is 4.79 Å². The van der Waals surface area contributed by atoms with E-state index in [1.807, 2.05) is 0 Å². The third-order valence-corrected chi connectivity index (χ3v) is 4.70. The van der Waals surface area contributed by atoms with E-state index in [1.54, 1.807) is 11.3 Å². The smallest absolute Gasteiger partial charge is 0.225 e. The number of carbonyl (C=O) groups excluding carboxylic acids is 1. The first-order valence-electron chi connectivity index (χ1n) is 5.28. The fraction of sp³-hybridized carbons (Fsp3) is 0.364. The molecule has 0 aromatic carbocycles. The minimum Gasteiger partial charge on any atom is -0.303 e. The molecule has 0 bridgehead atoms. The molecule has 0 fully saturated rings. The Bertz CT molecular complexity index is 611. The topological polar surface area (TPSA) is 42.9 Å². The molecule has 2 aromatic rings. The minimum absolute atomic E-state index is 0.175. The highest BCUT2D eigenvalue weighted by Gasteiger charge is 2.29. The molecule has 3 rings (SSSR count). The lowest BCUT2D eigenvalue weighted by atomic mass is 9.99. The van der Waals surface area contributed by atoms with Crippen molar-refractivity contribution in [2.45, 2.75) is 25.2 Å². The molecule has 0 spiro atoms. The molecule has 0 amide bonds. The van der Waals surface area contributed by atoms with Crippen molar-refractivity contribution in [1.82, 2.24) is 9.97 Å². The molecule has 0 radical (unpaired) electrons. The number of thiophene rings is 1. The Kier molecular flexibility index (Phi) is 2.81. The second-order valence-corrected chi connectivity index (χ2v) is 5.82. The molecule has 1 unspecified atom stereocenters. The van der Waals surface area contributed by atoms with Gasteiger partial charge >= 0.3 is 0 Å². The van der Waals surface area contributed by atoms with Gasteiger partial charge in [0.05, 0.1) is 5.39 Å². The monoisotopic (exact) mass is 286 g/mol. The van der Waals surface area contributed by atoms with Gasteiger partial charge in [0.15, 0.2) is 0 Å². The minimum atomic E-state index is 0.175. The van der Waals surface area contributed by atoms with Crippen molar-refractivity contribution < 1.29 is 4.79 Å². The zero-order chi connectivity index (χ0) is 12.0. The lowest BCUT2D eigenvalue weighted by molar-refractivity contribution is -0.108. The van der Waals surface area contributed by atoms with Crippen LogP contribution in [0.4, 0.5) is 0 Å². The number of aldehydes is 1. The van der Waals surface area contributed by atoms with Crippen molar-refractivity contribution in [3.8, 4) is 0 Å². The summed E-state index contributed by atoms with van der Waals surface area (Å²) in [5.41, 5.74) is 1.17. The van der Waals surface area contributed by atoms with E-state index in [4.69, 9.17) is 23.2 Å². The zero-order valence-electron chi connectivity index (χ0n) is 8.74. The van der Waals surface area contributed by atoms with Crippen LogP contribution in [-0.2, 0) is 11.2 Å². The normalized spacial score (nSPS) is 18.6. The summed E-state index contributed by atoms with van der Waals surface area (Å²) < 4.78 is 0. The lowest BCUT2D eigenvalue weighted by Crippen LogP contribution is -1.95. The van der Waals surface area contributed by atoms with E-state index in [0.717, 1.165) is 29.3 Å². The van der Waals surface area contributed by atoms with Gasteiger partial charge in [-0.25, -0.2) is 9.97 Å². The Morgan fingerprint density at radius 2 is 2.24 bits per heavy atom. The maximum absolute atomic E-state index is 10.7. The molecule has 17 heavy (non-hydrogen) atoms.